The summed E-state index contributed by atoms with van der Waals surface area (Å²) >= 11 is 0. The Kier molecular flexibility index (Phi) is 3.08. The highest BCUT2D eigenvalue weighted by atomic mass is 14.3. The fourth-order valence-corrected chi connectivity index (χ4v) is 3.51. The summed E-state index contributed by atoms with van der Waals surface area (Å²) in [5.41, 5.74) is 7.38. The third kappa shape index (κ3) is 2.27. The molecule has 0 atom stereocenters. The van der Waals surface area contributed by atoms with Crippen molar-refractivity contribution in [3.63, 3.8) is 0 Å². The van der Waals surface area contributed by atoms with E-state index in [0.717, 1.165) is 12.8 Å². The molecular weight excluding hydrogens is 252 g/mol. The maximum Gasteiger partial charge on any atom is 0.0135 e. The maximum atomic E-state index is 2.30. The van der Waals surface area contributed by atoms with Crippen molar-refractivity contribution in [1.29, 1.82) is 0 Å². The van der Waals surface area contributed by atoms with Crippen LogP contribution < -0.4 is 0 Å². The molecule has 0 amide bonds. The monoisotopic (exact) mass is 270 g/mol. The lowest BCUT2D eigenvalue weighted by Gasteiger charge is -2.28. The van der Waals surface area contributed by atoms with E-state index in [9.17, 15) is 0 Å². The van der Waals surface area contributed by atoms with Gasteiger partial charge in [0.25, 0.3) is 0 Å². The summed E-state index contributed by atoms with van der Waals surface area (Å²) in [6.07, 6.45) is 2.15. The summed E-state index contributed by atoms with van der Waals surface area (Å²) in [4.78, 5) is 0. The van der Waals surface area contributed by atoms with Crippen LogP contribution in [0.3, 0.4) is 0 Å². The molecule has 102 valence electrons. The van der Waals surface area contributed by atoms with Crippen LogP contribution in [0.4, 0.5) is 0 Å². The van der Waals surface area contributed by atoms with Gasteiger partial charge in [-0.1, -0.05) is 78.9 Å². The summed E-state index contributed by atoms with van der Waals surface area (Å²) in [7, 11) is 0. The quantitative estimate of drug-likeness (QED) is 0.617. The first kappa shape index (κ1) is 12.4. The van der Waals surface area contributed by atoms with Crippen molar-refractivity contribution in [1.82, 2.24) is 0 Å². The van der Waals surface area contributed by atoms with Crippen LogP contribution in [-0.2, 0) is 12.8 Å². The molecule has 0 bridgehead atoms. The van der Waals surface area contributed by atoms with Gasteiger partial charge in [0.05, 0.1) is 0 Å². The minimum atomic E-state index is 0.480. The molecule has 3 aromatic rings. The first-order chi connectivity index (χ1) is 10.4. The SMILES string of the molecule is c1ccc(CC2c3ccccc3Cc3ccccc32)cc1. The minimum absolute atomic E-state index is 0.480. The van der Waals surface area contributed by atoms with E-state index in [4.69, 9.17) is 0 Å². The molecule has 0 heteroatoms. The van der Waals surface area contributed by atoms with E-state index in [1.165, 1.54) is 27.8 Å². The number of hydrogen-bond donors (Lipinski definition) is 0. The smallest absolute Gasteiger partial charge is 0.0135 e. The van der Waals surface area contributed by atoms with Crippen molar-refractivity contribution >= 4 is 0 Å². The zero-order chi connectivity index (χ0) is 14.1. The number of fused-ring (bicyclic) bond motifs is 2. The van der Waals surface area contributed by atoms with Crippen molar-refractivity contribution in [2.45, 2.75) is 18.8 Å². The zero-order valence-corrected chi connectivity index (χ0v) is 12.0. The molecule has 0 aliphatic heterocycles. The number of benzene rings is 3. The Morgan fingerprint density at radius 3 is 1.76 bits per heavy atom. The second-order valence-corrected chi connectivity index (χ2v) is 5.82. The summed E-state index contributed by atoms with van der Waals surface area (Å²) < 4.78 is 0. The summed E-state index contributed by atoms with van der Waals surface area (Å²) in [6.45, 7) is 0. The van der Waals surface area contributed by atoms with E-state index in [1.54, 1.807) is 0 Å². The van der Waals surface area contributed by atoms with E-state index in [0.29, 0.717) is 5.92 Å². The molecule has 0 fully saturated rings. The van der Waals surface area contributed by atoms with E-state index < -0.39 is 0 Å². The molecule has 0 N–H and O–H groups in total. The number of rotatable bonds is 2. The lowest BCUT2D eigenvalue weighted by atomic mass is 9.75. The van der Waals surface area contributed by atoms with Gasteiger partial charge >= 0.3 is 0 Å². The van der Waals surface area contributed by atoms with E-state index >= 15 is 0 Å². The molecule has 0 radical (unpaired) electrons. The highest BCUT2D eigenvalue weighted by molar-refractivity contribution is 5.49. The van der Waals surface area contributed by atoms with Gasteiger partial charge in [-0.25, -0.2) is 0 Å². The largest absolute Gasteiger partial charge is 0.0622 e. The predicted molar refractivity (Wildman–Crippen MR) is 87.7 cm³/mol. The van der Waals surface area contributed by atoms with Crippen LogP contribution in [0, 0.1) is 0 Å². The zero-order valence-electron chi connectivity index (χ0n) is 12.0. The van der Waals surface area contributed by atoms with Gasteiger partial charge in [-0.05, 0) is 40.7 Å². The third-order valence-electron chi connectivity index (χ3n) is 4.52. The van der Waals surface area contributed by atoms with Crippen molar-refractivity contribution in [2.24, 2.45) is 0 Å². The third-order valence-corrected chi connectivity index (χ3v) is 4.52. The molecule has 0 nitrogen and oxygen atoms in total. The summed E-state index contributed by atoms with van der Waals surface area (Å²) in [5.74, 6) is 0.480. The maximum absolute atomic E-state index is 2.30. The van der Waals surface area contributed by atoms with Gasteiger partial charge in [0, 0.05) is 5.92 Å². The highest BCUT2D eigenvalue weighted by Crippen LogP contribution is 2.38. The molecule has 0 saturated carbocycles. The van der Waals surface area contributed by atoms with Crippen molar-refractivity contribution < 1.29 is 0 Å². The fraction of sp³-hybridized carbons (Fsp3) is 0.143. The molecule has 3 aromatic carbocycles. The second kappa shape index (κ2) is 5.21. The molecule has 21 heavy (non-hydrogen) atoms. The van der Waals surface area contributed by atoms with Gasteiger partial charge in [0.2, 0.25) is 0 Å². The van der Waals surface area contributed by atoms with Gasteiger partial charge in [-0.15, -0.1) is 0 Å². The van der Waals surface area contributed by atoms with Crippen LogP contribution in [0.1, 0.15) is 33.7 Å². The van der Waals surface area contributed by atoms with E-state index in [2.05, 4.69) is 78.9 Å². The molecule has 0 unspecified atom stereocenters. The van der Waals surface area contributed by atoms with E-state index in [-0.39, 0.29) is 0 Å². The standard InChI is InChI=1S/C21H18/c1-2-8-16(9-3-1)14-21-19-12-6-4-10-17(19)15-18-11-5-7-13-20(18)21/h1-13,21H,14-15H2. The normalized spacial score (nSPS) is 13.5. The topological polar surface area (TPSA) is 0 Å². The van der Waals surface area contributed by atoms with Crippen LogP contribution in [0.15, 0.2) is 78.9 Å². The first-order valence-corrected chi connectivity index (χ1v) is 7.61. The van der Waals surface area contributed by atoms with Gasteiger partial charge in [0.1, 0.15) is 0 Å². The summed E-state index contributed by atoms with van der Waals surface area (Å²) in [6, 6.07) is 28.7. The molecular formula is C21H18. The Hall–Kier alpha value is -2.34. The average molecular weight is 270 g/mol. The Bertz CT molecular complexity index is 710. The molecule has 0 spiro atoms. The van der Waals surface area contributed by atoms with Crippen LogP contribution in [0.5, 0.6) is 0 Å². The predicted octanol–water partition coefficient (Wildman–Crippen LogP) is 4.97. The minimum Gasteiger partial charge on any atom is -0.0622 e. The van der Waals surface area contributed by atoms with Gasteiger partial charge in [-0.2, -0.15) is 0 Å². The van der Waals surface area contributed by atoms with Crippen LogP contribution in [-0.4, -0.2) is 0 Å². The molecule has 0 aromatic heterocycles. The molecule has 0 heterocycles. The summed E-state index contributed by atoms with van der Waals surface area (Å²) in [5, 5.41) is 0. The average Bonchev–Trinajstić information content (AvgIpc) is 2.55. The Morgan fingerprint density at radius 2 is 1.14 bits per heavy atom. The van der Waals surface area contributed by atoms with Crippen LogP contribution >= 0.6 is 0 Å². The van der Waals surface area contributed by atoms with Crippen molar-refractivity contribution in [3.05, 3.63) is 107 Å². The van der Waals surface area contributed by atoms with Crippen molar-refractivity contribution in [3.8, 4) is 0 Å². The Balaban J connectivity index is 1.82. The Labute approximate surface area is 126 Å². The fourth-order valence-electron chi connectivity index (χ4n) is 3.51. The second-order valence-electron chi connectivity index (χ2n) is 5.82. The molecule has 4 rings (SSSR count). The molecule has 1 aliphatic rings. The number of hydrogen-bond acceptors (Lipinski definition) is 0. The highest BCUT2D eigenvalue weighted by Gasteiger charge is 2.24. The van der Waals surface area contributed by atoms with Gasteiger partial charge < -0.3 is 0 Å². The van der Waals surface area contributed by atoms with Crippen LogP contribution in [0.2, 0.25) is 0 Å². The lowest BCUT2D eigenvalue weighted by molar-refractivity contribution is 0.760. The van der Waals surface area contributed by atoms with Gasteiger partial charge in [-0.3, -0.25) is 0 Å². The van der Waals surface area contributed by atoms with Crippen molar-refractivity contribution in [2.75, 3.05) is 0 Å². The molecule has 1 aliphatic carbocycles. The van der Waals surface area contributed by atoms with E-state index in [1.807, 2.05) is 0 Å². The Morgan fingerprint density at radius 1 is 0.619 bits per heavy atom. The first-order valence-electron chi connectivity index (χ1n) is 7.61. The lowest BCUT2D eigenvalue weighted by Crippen LogP contribution is -2.15. The van der Waals surface area contributed by atoms with Crippen LogP contribution in [0.25, 0.3) is 0 Å². The van der Waals surface area contributed by atoms with Gasteiger partial charge in [0.15, 0.2) is 0 Å². The molecule has 0 saturated heterocycles.